The number of phosphoric acid groups is 3. The van der Waals surface area contributed by atoms with Crippen molar-refractivity contribution in [3.8, 4) is 5.82 Å². The van der Waals surface area contributed by atoms with E-state index in [4.69, 9.17) is 28.2 Å². The minimum atomic E-state index is -5.55. The summed E-state index contributed by atoms with van der Waals surface area (Å²) in [5.74, 6) is -0.936. The Morgan fingerprint density at radius 2 is 1.68 bits per heavy atom. The number of fused-ring (bicyclic) bond motifs is 4. The molecule has 9 N–H and O–H groups in total. The fourth-order valence-corrected chi connectivity index (χ4v) is 8.35. The quantitative estimate of drug-likeness (QED) is 0.0403. The van der Waals surface area contributed by atoms with Gasteiger partial charge < -0.3 is 54.4 Å². The predicted molar refractivity (Wildman–Crippen MR) is 150 cm³/mol. The van der Waals surface area contributed by atoms with Gasteiger partial charge in [-0.2, -0.15) is 4.31 Å². The predicted octanol–water partition coefficient (Wildman–Crippen LogP) is -2.65. The first-order chi connectivity index (χ1) is 23.4. The zero-order valence-corrected chi connectivity index (χ0v) is 27.2. The lowest BCUT2D eigenvalue weighted by Gasteiger charge is -2.22. The molecule has 26 nitrogen and oxygen atoms in total. The topological polar surface area (TPSA) is 366 Å². The lowest BCUT2D eigenvalue weighted by Crippen LogP contribution is -2.36. The zero-order chi connectivity index (χ0) is 36.0. The third kappa shape index (κ3) is 6.43. The van der Waals surface area contributed by atoms with Gasteiger partial charge in [0.2, 0.25) is 11.5 Å². The summed E-state index contributed by atoms with van der Waals surface area (Å²) >= 11 is 0. The van der Waals surface area contributed by atoms with Crippen LogP contribution in [0.5, 0.6) is 0 Å². The maximum atomic E-state index is 12.6. The molecule has 29 heteroatoms. The molecule has 50 heavy (non-hydrogen) atoms. The molecule has 7 heterocycles. The van der Waals surface area contributed by atoms with Gasteiger partial charge in [-0.25, -0.2) is 28.6 Å². The van der Waals surface area contributed by atoms with Crippen LogP contribution in [0.2, 0.25) is 0 Å². The van der Waals surface area contributed by atoms with E-state index in [0.29, 0.717) is 5.70 Å². The monoisotopic (exact) mass is 775 g/mol. The fraction of sp³-hybridized carbons (Fsp3) is 0.524. The van der Waals surface area contributed by atoms with Crippen LogP contribution < -0.4 is 0 Å². The Hall–Kier alpha value is -3.13. The molecule has 7 rings (SSSR count). The van der Waals surface area contributed by atoms with Gasteiger partial charge in [0.1, 0.15) is 48.5 Å². The second-order valence-electron chi connectivity index (χ2n) is 11.1. The van der Waals surface area contributed by atoms with Crippen molar-refractivity contribution in [2.75, 3.05) is 13.2 Å². The maximum absolute atomic E-state index is 12.6. The molecule has 0 amide bonds. The summed E-state index contributed by atoms with van der Waals surface area (Å²) in [5, 5.41) is 39.2. The second kappa shape index (κ2) is 12.2. The van der Waals surface area contributed by atoms with Crippen LogP contribution in [0.1, 0.15) is 12.6 Å². The summed E-state index contributed by atoms with van der Waals surface area (Å²) in [6, 6.07) is 0. The number of hydrogen-bond acceptors (Lipinski definition) is 19. The van der Waals surface area contributed by atoms with Crippen molar-refractivity contribution in [2.24, 2.45) is 0 Å². The first-order valence-electron chi connectivity index (χ1n) is 14.0. The first kappa shape index (κ1) is 35.3. The number of carbonyl (C=O) groups excluding carboxylic acids is 1. The number of rotatable bonds is 13. The average Bonchev–Trinajstić information content (AvgIpc) is 3.89. The van der Waals surface area contributed by atoms with E-state index in [9.17, 15) is 53.4 Å². The van der Waals surface area contributed by atoms with Crippen LogP contribution in [0.15, 0.2) is 45.6 Å². The van der Waals surface area contributed by atoms with E-state index in [1.54, 1.807) is 0 Å². The lowest BCUT2D eigenvalue weighted by molar-refractivity contribution is -0.132. The minimum absolute atomic E-state index is 0.0185. The van der Waals surface area contributed by atoms with Gasteiger partial charge in [-0.05, 0) is 0 Å². The molecule has 3 aromatic rings. The molecule has 274 valence electrons. The van der Waals surface area contributed by atoms with E-state index in [1.807, 2.05) is 0 Å². The second-order valence-corrected chi connectivity index (χ2v) is 15.3. The van der Waals surface area contributed by atoms with E-state index in [1.165, 1.54) is 17.2 Å². The van der Waals surface area contributed by atoms with Gasteiger partial charge in [-0.1, -0.05) is 6.08 Å². The number of aliphatic hydroxyl groups is 3. The maximum Gasteiger partial charge on any atom is 0.546 e. The van der Waals surface area contributed by atoms with Crippen LogP contribution in [0.25, 0.3) is 17.0 Å². The van der Waals surface area contributed by atoms with Crippen molar-refractivity contribution < 1.29 is 95.2 Å². The van der Waals surface area contributed by atoms with Gasteiger partial charge in [-0.3, -0.25) is 18.1 Å². The van der Waals surface area contributed by atoms with Gasteiger partial charge >= 0.3 is 29.4 Å². The number of allylic oxidation sites excluding steroid dienone is 1. The number of carbonyl (C=O) groups is 1. The summed E-state index contributed by atoms with van der Waals surface area (Å²) in [7, 11) is -16.3. The number of aliphatic hydroxyl groups excluding tert-OH is 3. The smallest absolute Gasteiger partial charge is 0.546 e. The molecular formula is C21H26N6O20P3+. The molecular weight excluding hydrogens is 749 g/mol. The van der Waals surface area contributed by atoms with E-state index in [2.05, 4.69) is 28.6 Å². The van der Waals surface area contributed by atoms with Crippen molar-refractivity contribution in [1.29, 1.82) is 0 Å². The Balaban J connectivity index is 0.988. The summed E-state index contributed by atoms with van der Waals surface area (Å²) in [4.78, 5) is 64.8. The van der Waals surface area contributed by atoms with E-state index >= 15 is 0 Å². The highest BCUT2D eigenvalue weighted by Gasteiger charge is 2.72. The van der Waals surface area contributed by atoms with Crippen LogP contribution in [-0.4, -0.2) is 131 Å². The number of phosphoric ester groups is 3. The third-order valence-electron chi connectivity index (χ3n) is 7.98. The lowest BCUT2D eigenvalue weighted by atomic mass is 10.1. The number of hydrogen-bond donors (Lipinski definition) is 7. The number of nitrogens with zero attached hydrogens (tertiary/aromatic N) is 6. The molecule has 1 spiro atoms. The number of imidazole rings is 1. The summed E-state index contributed by atoms with van der Waals surface area (Å²) in [6.45, 7) is -2.05. The normalized spacial score (nSPS) is 33.3. The largest absolute Gasteiger partial charge is 0.561 e. The van der Waals surface area contributed by atoms with Gasteiger partial charge in [-0.15, -0.1) is 9.36 Å². The van der Waals surface area contributed by atoms with Crippen LogP contribution in [0.4, 0.5) is 0 Å². The number of aromatic nitrogens is 5. The van der Waals surface area contributed by atoms with Gasteiger partial charge in [0.15, 0.2) is 17.4 Å². The van der Waals surface area contributed by atoms with Crippen LogP contribution in [0.3, 0.4) is 0 Å². The molecule has 4 aliphatic heterocycles. The molecule has 0 bridgehead atoms. The highest BCUT2D eigenvalue weighted by Crippen LogP contribution is 2.62. The highest BCUT2D eigenvalue weighted by atomic mass is 31.3. The molecule has 3 aromatic heterocycles. The fourth-order valence-electron chi connectivity index (χ4n) is 5.72. The molecule has 0 aromatic carbocycles. The van der Waals surface area contributed by atoms with Gasteiger partial charge in [0.25, 0.3) is 0 Å². The highest BCUT2D eigenvalue weighted by molar-refractivity contribution is 7.61. The molecule has 0 aliphatic carbocycles. The molecule has 10 atom stereocenters. The van der Waals surface area contributed by atoms with Crippen LogP contribution in [-0.2, 0) is 45.8 Å². The molecule has 0 radical (unpaired) electrons. The molecule has 4 aliphatic rings. The van der Waals surface area contributed by atoms with Gasteiger partial charge in [0, 0.05) is 17.4 Å². The Bertz CT molecular complexity index is 2010. The van der Waals surface area contributed by atoms with Gasteiger partial charge in [0.05, 0.1) is 30.2 Å². The summed E-state index contributed by atoms with van der Waals surface area (Å²) < 4.78 is 76.9. The van der Waals surface area contributed by atoms with E-state index in [0.717, 1.165) is 22.1 Å². The van der Waals surface area contributed by atoms with E-state index < -0.39 is 91.2 Å². The van der Waals surface area contributed by atoms with Crippen molar-refractivity contribution in [3.05, 3.63) is 36.2 Å². The standard InChI is InChI=1S/C21H25N6O20P3/c28-13-9(42-19(15(13)44-48(33,34)35)25-7-24-12-17(25)22-6-23-18(12)27-45-46-27)4-40-49(36,37)47-50(38,39)41-5-10-14(29)16(30)21(43-10)11-2-1-8(20(31)32)3-26(11)21/h2-3,6-7,9-10,13-16,19,28-30H,1,4-5H2,(H,31,32)(H,36,37)(H,38,39)(H2,33,34,35)/p+1/t9-,10-,13-,14-,15-,16-,19+,21+,26?/m1/s1. The Labute approximate surface area is 275 Å². The summed E-state index contributed by atoms with van der Waals surface area (Å²) in [5.41, 5.74) is -1.15. The Morgan fingerprint density at radius 3 is 2.32 bits per heavy atom. The SMILES string of the molecule is O=C([OH2+])C1=CN2C(=CC1)[C@@]21O[C@H](COP(=O)(O)OP(=O)(O)OC[C@H]2O[C@H](n3cnc4c(-n5oo5)ncnc43)[C@H](OP(=O)(O)O)[C@@H]2O)[C@@H](O)[C@H]1O. The summed E-state index contributed by atoms with van der Waals surface area (Å²) in [6.07, 6.45) is -6.99. The minimum Gasteiger partial charge on any atom is -0.561 e. The Kier molecular flexibility index (Phi) is 8.64. The van der Waals surface area contributed by atoms with Crippen molar-refractivity contribution in [1.82, 2.24) is 29.3 Å². The zero-order valence-electron chi connectivity index (χ0n) is 24.5. The molecule has 3 fully saturated rings. The third-order valence-corrected chi connectivity index (χ3v) is 11.1. The Morgan fingerprint density at radius 1 is 1.00 bits per heavy atom. The van der Waals surface area contributed by atoms with Crippen molar-refractivity contribution >= 4 is 40.6 Å². The van der Waals surface area contributed by atoms with Crippen LogP contribution in [0, 0.1) is 0 Å². The first-order valence-corrected chi connectivity index (χ1v) is 18.5. The van der Waals surface area contributed by atoms with E-state index in [-0.39, 0.29) is 29.0 Å². The molecule has 0 saturated carbocycles. The average molecular weight is 775 g/mol. The van der Waals surface area contributed by atoms with Crippen molar-refractivity contribution in [2.45, 2.75) is 55.0 Å². The van der Waals surface area contributed by atoms with Crippen LogP contribution >= 0.6 is 23.5 Å². The molecule has 2 unspecified atom stereocenters. The van der Waals surface area contributed by atoms with Crippen molar-refractivity contribution in [3.63, 3.8) is 0 Å². The molecule has 3 saturated heterocycles. The number of ether oxygens (including phenoxy) is 2.